The second-order valence-electron chi connectivity index (χ2n) is 5.99. The Kier molecular flexibility index (Phi) is 4.04. The zero-order chi connectivity index (χ0) is 15.5. The third-order valence-corrected chi connectivity index (χ3v) is 5.17. The van der Waals surface area contributed by atoms with Crippen molar-refractivity contribution >= 4 is 28.1 Å². The normalized spacial score (nSPS) is 15.3. The van der Waals surface area contributed by atoms with E-state index in [1.807, 2.05) is 24.5 Å². The van der Waals surface area contributed by atoms with Crippen molar-refractivity contribution in [3.8, 4) is 11.8 Å². The van der Waals surface area contributed by atoms with Crippen LogP contribution in [0.25, 0.3) is 11.0 Å². The first-order chi connectivity index (χ1) is 11.4. The molecular weight excluding hydrogens is 302 g/mol. The summed E-state index contributed by atoms with van der Waals surface area (Å²) in [4.78, 5) is 8.78. The minimum Gasteiger partial charge on any atom is -0.381 e. The predicted octanol–water partition coefficient (Wildman–Crippen LogP) is 4.77. The molecule has 4 rings (SSSR count). The Labute approximate surface area is 140 Å². The molecule has 3 aromatic rings. The summed E-state index contributed by atoms with van der Waals surface area (Å²) in [5.41, 5.74) is 3.04. The third kappa shape index (κ3) is 3.11. The molecule has 2 N–H and O–H groups in total. The van der Waals surface area contributed by atoms with Crippen LogP contribution in [0.1, 0.15) is 42.5 Å². The summed E-state index contributed by atoms with van der Waals surface area (Å²) in [6, 6.07) is 6.72. The predicted molar refractivity (Wildman–Crippen MR) is 96.9 cm³/mol. The Balaban J connectivity index is 1.72. The van der Waals surface area contributed by atoms with Crippen molar-refractivity contribution < 1.29 is 0 Å². The number of anilines is 1. The van der Waals surface area contributed by atoms with Gasteiger partial charge in [0.05, 0.1) is 16.1 Å². The van der Waals surface area contributed by atoms with Crippen LogP contribution in [0.2, 0.25) is 0 Å². The number of H-pyrrole nitrogens is 1. The summed E-state index contributed by atoms with van der Waals surface area (Å²) < 4.78 is 0. The van der Waals surface area contributed by atoms with Gasteiger partial charge in [-0.15, -0.1) is 11.3 Å². The minimum atomic E-state index is 0.548. The van der Waals surface area contributed by atoms with Gasteiger partial charge in [0.1, 0.15) is 5.65 Å². The Morgan fingerprint density at radius 1 is 1.17 bits per heavy atom. The summed E-state index contributed by atoms with van der Waals surface area (Å²) in [6.45, 7) is 0. The second kappa shape index (κ2) is 6.47. The number of aromatic amines is 1. The molecule has 3 nitrogen and oxygen atoms in total. The SMILES string of the molecule is C(#Cc1cnc2[nH]ccc2c1NC1CCCCC1)c1cccs1. The van der Waals surface area contributed by atoms with Crippen molar-refractivity contribution in [1.29, 1.82) is 0 Å². The monoisotopic (exact) mass is 321 g/mol. The van der Waals surface area contributed by atoms with Crippen molar-refractivity contribution in [2.45, 2.75) is 38.1 Å². The van der Waals surface area contributed by atoms with Crippen LogP contribution in [-0.2, 0) is 0 Å². The van der Waals surface area contributed by atoms with Gasteiger partial charge in [-0.05, 0) is 30.4 Å². The number of thiophene rings is 1. The molecule has 4 heteroatoms. The fourth-order valence-corrected chi connectivity index (χ4v) is 3.76. The summed E-state index contributed by atoms with van der Waals surface area (Å²) in [5, 5.41) is 6.94. The first-order valence-electron chi connectivity index (χ1n) is 8.18. The van der Waals surface area contributed by atoms with Gasteiger partial charge in [0, 0.05) is 23.8 Å². The lowest BCUT2D eigenvalue weighted by Crippen LogP contribution is -2.22. The number of pyridine rings is 1. The van der Waals surface area contributed by atoms with E-state index in [0.717, 1.165) is 27.2 Å². The van der Waals surface area contributed by atoms with Crippen LogP contribution in [0.5, 0.6) is 0 Å². The van der Waals surface area contributed by atoms with Crippen LogP contribution in [0.3, 0.4) is 0 Å². The molecule has 1 aliphatic rings. The van der Waals surface area contributed by atoms with Crippen molar-refractivity contribution in [1.82, 2.24) is 9.97 Å². The molecule has 0 atom stereocenters. The zero-order valence-electron chi connectivity index (χ0n) is 12.9. The zero-order valence-corrected chi connectivity index (χ0v) is 13.7. The van der Waals surface area contributed by atoms with Crippen molar-refractivity contribution in [2.24, 2.45) is 0 Å². The third-order valence-electron chi connectivity index (χ3n) is 4.38. The van der Waals surface area contributed by atoms with Gasteiger partial charge in [-0.1, -0.05) is 37.2 Å². The number of hydrogen-bond acceptors (Lipinski definition) is 3. The van der Waals surface area contributed by atoms with Crippen LogP contribution in [0, 0.1) is 11.8 Å². The fraction of sp³-hybridized carbons (Fsp3) is 0.316. The van der Waals surface area contributed by atoms with E-state index >= 15 is 0 Å². The number of rotatable bonds is 2. The summed E-state index contributed by atoms with van der Waals surface area (Å²) in [6.07, 6.45) is 10.3. The number of aromatic nitrogens is 2. The molecule has 116 valence electrons. The minimum absolute atomic E-state index is 0.548. The van der Waals surface area contributed by atoms with Crippen LogP contribution in [-0.4, -0.2) is 16.0 Å². The van der Waals surface area contributed by atoms with Gasteiger partial charge in [-0.3, -0.25) is 0 Å². The summed E-state index contributed by atoms with van der Waals surface area (Å²) in [7, 11) is 0. The van der Waals surface area contributed by atoms with Crippen LogP contribution < -0.4 is 5.32 Å². The van der Waals surface area contributed by atoms with Crippen molar-refractivity contribution in [3.63, 3.8) is 0 Å². The van der Waals surface area contributed by atoms with Crippen LogP contribution >= 0.6 is 11.3 Å². The Hall–Kier alpha value is -2.25. The molecule has 0 saturated heterocycles. The maximum Gasteiger partial charge on any atom is 0.139 e. The number of nitrogens with zero attached hydrogens (tertiary/aromatic N) is 1. The lowest BCUT2D eigenvalue weighted by Gasteiger charge is -2.24. The van der Waals surface area contributed by atoms with E-state index in [1.165, 1.54) is 32.1 Å². The average Bonchev–Trinajstić information content (AvgIpc) is 3.26. The van der Waals surface area contributed by atoms with Crippen LogP contribution in [0.4, 0.5) is 5.69 Å². The molecular formula is C19H19N3S. The molecule has 0 unspecified atom stereocenters. The molecule has 1 aliphatic carbocycles. The maximum atomic E-state index is 4.50. The highest BCUT2D eigenvalue weighted by molar-refractivity contribution is 7.10. The molecule has 3 aromatic heterocycles. The summed E-state index contributed by atoms with van der Waals surface area (Å²) in [5.74, 6) is 6.56. The first-order valence-corrected chi connectivity index (χ1v) is 9.06. The maximum absolute atomic E-state index is 4.50. The Morgan fingerprint density at radius 3 is 2.91 bits per heavy atom. The van der Waals surface area contributed by atoms with E-state index in [-0.39, 0.29) is 0 Å². The quantitative estimate of drug-likeness (QED) is 0.668. The standard InChI is InChI=1S/C19H19N3S/c1-2-5-15(6-3-1)22-18-14(8-9-16-7-4-12-23-16)13-21-19-17(18)10-11-20-19/h4,7,10-13,15H,1-3,5-6H2,(H2,20,21,22). The summed E-state index contributed by atoms with van der Waals surface area (Å²) >= 11 is 1.67. The topological polar surface area (TPSA) is 40.7 Å². The fourth-order valence-electron chi connectivity index (χ4n) is 3.19. The average molecular weight is 321 g/mol. The number of nitrogens with one attached hydrogen (secondary N) is 2. The van der Waals surface area contributed by atoms with Gasteiger partial charge in [0.25, 0.3) is 0 Å². The molecule has 1 saturated carbocycles. The van der Waals surface area contributed by atoms with E-state index < -0.39 is 0 Å². The van der Waals surface area contributed by atoms with E-state index in [2.05, 4.69) is 38.6 Å². The molecule has 0 bridgehead atoms. The lowest BCUT2D eigenvalue weighted by atomic mass is 9.95. The van der Waals surface area contributed by atoms with Gasteiger partial charge < -0.3 is 10.3 Å². The molecule has 1 fully saturated rings. The van der Waals surface area contributed by atoms with E-state index in [4.69, 9.17) is 0 Å². The molecule has 0 spiro atoms. The van der Waals surface area contributed by atoms with Crippen LogP contribution in [0.15, 0.2) is 36.0 Å². The van der Waals surface area contributed by atoms with Gasteiger partial charge in [0.2, 0.25) is 0 Å². The van der Waals surface area contributed by atoms with Gasteiger partial charge in [-0.25, -0.2) is 4.98 Å². The Bertz CT molecular complexity index is 846. The highest BCUT2D eigenvalue weighted by Crippen LogP contribution is 2.29. The first kappa shape index (κ1) is 14.3. The highest BCUT2D eigenvalue weighted by Gasteiger charge is 2.16. The number of fused-ring (bicyclic) bond motifs is 1. The molecule has 0 amide bonds. The van der Waals surface area contributed by atoms with E-state index in [9.17, 15) is 0 Å². The van der Waals surface area contributed by atoms with Gasteiger partial charge in [0.15, 0.2) is 0 Å². The smallest absolute Gasteiger partial charge is 0.139 e. The van der Waals surface area contributed by atoms with E-state index in [1.54, 1.807) is 11.3 Å². The number of hydrogen-bond donors (Lipinski definition) is 2. The molecule has 0 radical (unpaired) electrons. The van der Waals surface area contributed by atoms with Gasteiger partial charge in [-0.2, -0.15) is 0 Å². The highest BCUT2D eigenvalue weighted by atomic mass is 32.1. The molecule has 23 heavy (non-hydrogen) atoms. The van der Waals surface area contributed by atoms with Gasteiger partial charge >= 0.3 is 0 Å². The largest absolute Gasteiger partial charge is 0.381 e. The molecule has 0 aliphatic heterocycles. The van der Waals surface area contributed by atoms with Crippen molar-refractivity contribution in [3.05, 3.63) is 46.4 Å². The van der Waals surface area contributed by atoms with E-state index in [0.29, 0.717) is 6.04 Å². The Morgan fingerprint density at radius 2 is 2.09 bits per heavy atom. The molecule has 3 heterocycles. The molecule has 0 aromatic carbocycles. The van der Waals surface area contributed by atoms with Crippen molar-refractivity contribution in [2.75, 3.05) is 5.32 Å². The second-order valence-corrected chi connectivity index (χ2v) is 6.94. The lowest BCUT2D eigenvalue weighted by molar-refractivity contribution is 0.463.